The first-order valence-electron chi connectivity index (χ1n) is 9.65. The van der Waals surface area contributed by atoms with E-state index in [4.69, 9.17) is 19.9 Å². The van der Waals surface area contributed by atoms with Gasteiger partial charge in [0, 0.05) is 41.8 Å². The predicted octanol–water partition coefficient (Wildman–Crippen LogP) is 3.55. The lowest BCUT2D eigenvalue weighted by Gasteiger charge is -2.12. The Hall–Kier alpha value is -3.46. The van der Waals surface area contributed by atoms with Crippen molar-refractivity contribution in [1.29, 1.82) is 0 Å². The third-order valence-electron chi connectivity index (χ3n) is 5.18. The van der Waals surface area contributed by atoms with E-state index in [0.29, 0.717) is 24.0 Å². The third-order valence-corrected chi connectivity index (χ3v) is 5.18. The van der Waals surface area contributed by atoms with E-state index < -0.39 is 5.82 Å². The van der Waals surface area contributed by atoms with E-state index in [2.05, 4.69) is 15.0 Å². The van der Waals surface area contributed by atoms with E-state index in [0.717, 1.165) is 17.7 Å². The smallest absolute Gasteiger partial charge is 0.255 e. The standard InChI is InChI=1S/C22H23FN4O3.H3N/c1-28-15-7-6-13(19(11-15)29-2)10-18-20(23)21(27-22(24)26-18)30-12-14-9-16(14)17-5-3-4-8-25-17;/h3-8,11,14,16H,9-10,12H2,1-2H3,(H2,24,26,27);1H3. The Morgan fingerprint density at radius 2 is 1.97 bits per heavy atom. The maximum atomic E-state index is 15.0. The first-order valence-corrected chi connectivity index (χ1v) is 9.65. The van der Waals surface area contributed by atoms with Crippen LogP contribution in [-0.4, -0.2) is 35.8 Å². The van der Waals surface area contributed by atoms with Gasteiger partial charge in [0.05, 0.1) is 26.5 Å². The molecule has 0 bridgehead atoms. The number of rotatable bonds is 8. The summed E-state index contributed by atoms with van der Waals surface area (Å²) < 4.78 is 31.3. The molecule has 9 heteroatoms. The highest BCUT2D eigenvalue weighted by molar-refractivity contribution is 5.43. The van der Waals surface area contributed by atoms with E-state index in [1.807, 2.05) is 18.2 Å². The number of benzene rings is 1. The summed E-state index contributed by atoms with van der Waals surface area (Å²) in [4.78, 5) is 12.4. The van der Waals surface area contributed by atoms with Gasteiger partial charge in [-0.15, -0.1) is 0 Å². The van der Waals surface area contributed by atoms with Crippen LogP contribution >= 0.6 is 0 Å². The average molecular weight is 427 g/mol. The number of nitrogens with zero attached hydrogens (tertiary/aromatic N) is 3. The zero-order valence-electron chi connectivity index (χ0n) is 17.5. The number of nitrogen functional groups attached to an aromatic ring is 1. The first kappa shape index (κ1) is 22.2. The molecule has 0 saturated heterocycles. The number of aromatic nitrogens is 3. The van der Waals surface area contributed by atoms with Gasteiger partial charge in [-0.05, 0) is 24.6 Å². The second-order valence-electron chi connectivity index (χ2n) is 7.17. The van der Waals surface area contributed by atoms with E-state index in [1.165, 1.54) is 0 Å². The summed E-state index contributed by atoms with van der Waals surface area (Å²) in [6, 6.07) is 11.2. The molecule has 0 spiro atoms. The molecule has 2 unspecified atom stereocenters. The number of nitrogens with two attached hydrogens (primary N) is 1. The van der Waals surface area contributed by atoms with Gasteiger partial charge in [0.15, 0.2) is 0 Å². The number of halogens is 1. The summed E-state index contributed by atoms with van der Waals surface area (Å²) in [6.07, 6.45) is 2.91. The monoisotopic (exact) mass is 427 g/mol. The maximum Gasteiger partial charge on any atom is 0.255 e. The molecule has 0 radical (unpaired) electrons. The van der Waals surface area contributed by atoms with Crippen LogP contribution in [0.5, 0.6) is 17.4 Å². The molecule has 164 valence electrons. The molecular formula is C22H26FN5O3. The number of ether oxygens (including phenoxy) is 3. The third kappa shape index (κ3) is 5.00. The van der Waals surface area contributed by atoms with E-state index >= 15 is 4.39 Å². The van der Waals surface area contributed by atoms with Crippen LogP contribution in [0.25, 0.3) is 0 Å². The minimum absolute atomic E-state index is 0. The van der Waals surface area contributed by atoms with Gasteiger partial charge in [-0.25, -0.2) is 4.98 Å². The number of hydrogen-bond acceptors (Lipinski definition) is 8. The summed E-state index contributed by atoms with van der Waals surface area (Å²) in [5, 5.41) is 0. The Kier molecular flexibility index (Phi) is 6.86. The van der Waals surface area contributed by atoms with Gasteiger partial charge in [-0.2, -0.15) is 9.37 Å². The molecule has 0 aliphatic heterocycles. The van der Waals surface area contributed by atoms with Crippen molar-refractivity contribution < 1.29 is 18.6 Å². The van der Waals surface area contributed by atoms with Crippen LogP contribution in [0.1, 0.15) is 29.3 Å². The lowest BCUT2D eigenvalue weighted by Crippen LogP contribution is -2.10. The Balaban J connectivity index is 0.00000272. The van der Waals surface area contributed by atoms with Crippen LogP contribution in [0.2, 0.25) is 0 Å². The number of hydrogen-bond donors (Lipinski definition) is 2. The molecule has 2 heterocycles. The van der Waals surface area contributed by atoms with Crippen LogP contribution in [0.3, 0.4) is 0 Å². The fourth-order valence-electron chi connectivity index (χ4n) is 3.46. The fourth-order valence-corrected chi connectivity index (χ4v) is 3.46. The van der Waals surface area contributed by atoms with Crippen molar-refractivity contribution in [2.45, 2.75) is 18.8 Å². The normalized spacial score (nSPS) is 16.9. The molecule has 1 aromatic carbocycles. The summed E-state index contributed by atoms with van der Waals surface area (Å²) in [5.74, 6) is 1.05. The molecule has 1 saturated carbocycles. The van der Waals surface area contributed by atoms with Gasteiger partial charge < -0.3 is 26.1 Å². The van der Waals surface area contributed by atoms with Gasteiger partial charge in [0.25, 0.3) is 5.88 Å². The molecule has 2 atom stereocenters. The quantitative estimate of drug-likeness (QED) is 0.559. The van der Waals surface area contributed by atoms with Crippen molar-refractivity contribution in [2.24, 2.45) is 5.92 Å². The summed E-state index contributed by atoms with van der Waals surface area (Å²) in [7, 11) is 3.12. The highest BCUT2D eigenvalue weighted by atomic mass is 19.1. The van der Waals surface area contributed by atoms with Gasteiger partial charge in [0.1, 0.15) is 11.5 Å². The van der Waals surface area contributed by atoms with Crippen molar-refractivity contribution in [1.82, 2.24) is 21.1 Å². The van der Waals surface area contributed by atoms with Crippen LogP contribution < -0.4 is 26.1 Å². The molecule has 1 fully saturated rings. The maximum absolute atomic E-state index is 15.0. The summed E-state index contributed by atoms with van der Waals surface area (Å²) in [5.41, 5.74) is 7.74. The highest BCUT2D eigenvalue weighted by Crippen LogP contribution is 2.46. The number of pyridine rings is 1. The summed E-state index contributed by atoms with van der Waals surface area (Å²) in [6.45, 7) is 0.347. The number of methoxy groups -OCH3 is 2. The molecule has 1 aliphatic rings. The van der Waals surface area contributed by atoms with Crippen molar-refractivity contribution in [3.05, 3.63) is 65.4 Å². The zero-order valence-corrected chi connectivity index (χ0v) is 17.5. The molecule has 31 heavy (non-hydrogen) atoms. The lowest BCUT2D eigenvalue weighted by molar-refractivity contribution is 0.269. The van der Waals surface area contributed by atoms with Crippen molar-refractivity contribution in [3.8, 4) is 17.4 Å². The largest absolute Gasteiger partial charge is 0.497 e. The molecule has 2 aromatic heterocycles. The second-order valence-corrected chi connectivity index (χ2v) is 7.17. The minimum atomic E-state index is -0.614. The molecule has 8 nitrogen and oxygen atoms in total. The topological polar surface area (TPSA) is 127 Å². The molecule has 0 amide bonds. The van der Waals surface area contributed by atoms with Crippen LogP contribution in [0.4, 0.5) is 10.3 Å². The lowest BCUT2D eigenvalue weighted by atomic mass is 10.1. The Bertz CT molecular complexity index is 1040. The number of anilines is 1. The SMILES string of the molecule is COc1ccc(Cc2nc(N)nc(OCC3CC3c3ccccn3)c2F)c(OC)c1.N. The average Bonchev–Trinajstić information content (AvgIpc) is 3.55. The van der Waals surface area contributed by atoms with Crippen LogP contribution in [0, 0.1) is 11.7 Å². The first-order chi connectivity index (χ1) is 14.6. The van der Waals surface area contributed by atoms with Crippen molar-refractivity contribution in [3.63, 3.8) is 0 Å². The Labute approximate surface area is 180 Å². The fraction of sp³-hybridized carbons (Fsp3) is 0.318. The second kappa shape index (κ2) is 9.57. The zero-order chi connectivity index (χ0) is 21.1. The summed E-state index contributed by atoms with van der Waals surface area (Å²) >= 11 is 0. The van der Waals surface area contributed by atoms with Crippen molar-refractivity contribution >= 4 is 5.95 Å². The van der Waals surface area contributed by atoms with Gasteiger partial charge in [0.2, 0.25) is 11.8 Å². The van der Waals surface area contributed by atoms with E-state index in [9.17, 15) is 0 Å². The molecule has 1 aliphatic carbocycles. The molecular weight excluding hydrogens is 401 g/mol. The molecule has 5 N–H and O–H groups in total. The van der Waals surface area contributed by atoms with E-state index in [1.54, 1.807) is 38.6 Å². The van der Waals surface area contributed by atoms with Gasteiger partial charge >= 0.3 is 0 Å². The van der Waals surface area contributed by atoms with Gasteiger partial charge in [-0.3, -0.25) is 4.98 Å². The highest BCUT2D eigenvalue weighted by Gasteiger charge is 2.40. The predicted molar refractivity (Wildman–Crippen MR) is 114 cm³/mol. The van der Waals surface area contributed by atoms with Gasteiger partial charge in [-0.1, -0.05) is 12.1 Å². The van der Waals surface area contributed by atoms with Crippen molar-refractivity contribution in [2.75, 3.05) is 26.6 Å². The van der Waals surface area contributed by atoms with Crippen LogP contribution in [0.15, 0.2) is 42.6 Å². The Morgan fingerprint density at radius 1 is 1.13 bits per heavy atom. The minimum Gasteiger partial charge on any atom is -0.497 e. The molecule has 4 rings (SSSR count). The van der Waals surface area contributed by atoms with E-state index in [-0.39, 0.29) is 36.0 Å². The Morgan fingerprint density at radius 3 is 2.68 bits per heavy atom. The van der Waals surface area contributed by atoms with Crippen LogP contribution in [-0.2, 0) is 6.42 Å². The molecule has 3 aromatic rings.